The quantitative estimate of drug-likeness (QED) is 0.182. The molecule has 186 valence electrons. The number of hydrogen-bond donors (Lipinski definition) is 1. The summed E-state index contributed by atoms with van der Waals surface area (Å²) in [4.78, 5) is 32.0. The Morgan fingerprint density at radius 3 is 2.36 bits per heavy atom. The average Bonchev–Trinajstić information content (AvgIpc) is 3.16. The van der Waals surface area contributed by atoms with Crippen molar-refractivity contribution in [3.63, 3.8) is 0 Å². The van der Waals surface area contributed by atoms with Crippen molar-refractivity contribution in [2.75, 3.05) is 13.7 Å². The van der Waals surface area contributed by atoms with E-state index in [9.17, 15) is 14.7 Å². The molecule has 1 amide bonds. The summed E-state index contributed by atoms with van der Waals surface area (Å²) in [6.07, 6.45) is 6.49. The van der Waals surface area contributed by atoms with Crippen molar-refractivity contribution in [3.8, 4) is 11.5 Å². The van der Waals surface area contributed by atoms with Crippen molar-refractivity contribution in [1.29, 1.82) is 0 Å². The molecular weight excluding hydrogens is 456 g/mol. The van der Waals surface area contributed by atoms with Crippen molar-refractivity contribution >= 4 is 17.4 Å². The number of benzene rings is 2. The van der Waals surface area contributed by atoms with E-state index in [1.807, 2.05) is 6.07 Å². The van der Waals surface area contributed by atoms with Crippen molar-refractivity contribution in [2.45, 2.75) is 38.8 Å². The van der Waals surface area contributed by atoms with Gasteiger partial charge in [-0.15, -0.1) is 0 Å². The predicted molar refractivity (Wildman–Crippen MR) is 137 cm³/mol. The van der Waals surface area contributed by atoms with E-state index >= 15 is 0 Å². The fraction of sp³-hybridized carbons (Fsp3) is 0.276. The van der Waals surface area contributed by atoms with Crippen LogP contribution in [0, 0.1) is 0 Å². The Balaban J connectivity index is 1.70. The van der Waals surface area contributed by atoms with E-state index in [4.69, 9.17) is 9.47 Å². The summed E-state index contributed by atoms with van der Waals surface area (Å²) in [5.41, 5.74) is 1.96. The number of aromatic nitrogens is 1. The molecule has 0 spiro atoms. The first-order chi connectivity index (χ1) is 17.5. The molecule has 3 aromatic rings. The molecule has 1 N–H and O–H groups in total. The van der Waals surface area contributed by atoms with E-state index in [0.29, 0.717) is 29.2 Å². The minimum Gasteiger partial charge on any atom is -0.507 e. The lowest BCUT2D eigenvalue weighted by atomic mass is 9.95. The van der Waals surface area contributed by atoms with E-state index in [1.165, 1.54) is 4.90 Å². The average molecular weight is 487 g/mol. The second-order valence-corrected chi connectivity index (χ2v) is 8.64. The van der Waals surface area contributed by atoms with Crippen LogP contribution < -0.4 is 9.47 Å². The Morgan fingerprint density at radius 1 is 1.00 bits per heavy atom. The van der Waals surface area contributed by atoms with E-state index in [0.717, 1.165) is 24.8 Å². The molecule has 2 heterocycles. The Labute approximate surface area is 211 Å². The summed E-state index contributed by atoms with van der Waals surface area (Å²) in [5.74, 6) is -0.279. The lowest BCUT2D eigenvalue weighted by Gasteiger charge is -2.25. The third kappa shape index (κ3) is 5.40. The molecule has 1 aliphatic heterocycles. The monoisotopic (exact) mass is 486 g/mol. The molecule has 1 saturated heterocycles. The maximum absolute atomic E-state index is 13.2. The number of aliphatic hydroxyl groups excluding tert-OH is 1. The largest absolute Gasteiger partial charge is 0.507 e. The highest BCUT2D eigenvalue weighted by molar-refractivity contribution is 6.46. The molecule has 1 fully saturated rings. The number of rotatable bonds is 10. The highest BCUT2D eigenvalue weighted by Gasteiger charge is 2.46. The van der Waals surface area contributed by atoms with E-state index in [2.05, 4.69) is 11.9 Å². The summed E-state index contributed by atoms with van der Waals surface area (Å²) < 4.78 is 11.0. The van der Waals surface area contributed by atoms with Crippen LogP contribution in [-0.2, 0) is 16.1 Å². The van der Waals surface area contributed by atoms with Gasteiger partial charge in [0.05, 0.1) is 25.3 Å². The molecule has 1 atom stereocenters. The first-order valence-corrected chi connectivity index (χ1v) is 12.1. The van der Waals surface area contributed by atoms with Gasteiger partial charge in [-0.2, -0.15) is 0 Å². The smallest absolute Gasteiger partial charge is 0.295 e. The minimum atomic E-state index is -0.763. The van der Waals surface area contributed by atoms with Crippen LogP contribution in [0.25, 0.3) is 5.76 Å². The number of likely N-dealkylation sites (tertiary alicyclic amines) is 1. The molecule has 2 aromatic carbocycles. The van der Waals surface area contributed by atoms with Crippen LogP contribution >= 0.6 is 0 Å². The molecule has 0 saturated carbocycles. The molecule has 4 rings (SSSR count). The molecule has 1 unspecified atom stereocenters. The summed E-state index contributed by atoms with van der Waals surface area (Å²) in [5, 5.41) is 11.3. The third-order valence-electron chi connectivity index (χ3n) is 6.19. The number of unbranched alkanes of at least 4 members (excludes halogenated alkanes) is 2. The van der Waals surface area contributed by atoms with Gasteiger partial charge in [-0.25, -0.2) is 0 Å². The topological polar surface area (TPSA) is 89.0 Å². The van der Waals surface area contributed by atoms with Crippen LogP contribution in [0.5, 0.6) is 11.5 Å². The fourth-order valence-corrected chi connectivity index (χ4v) is 4.27. The highest BCUT2D eigenvalue weighted by Crippen LogP contribution is 2.40. The summed E-state index contributed by atoms with van der Waals surface area (Å²) in [6, 6.07) is 16.9. The van der Waals surface area contributed by atoms with Gasteiger partial charge >= 0.3 is 0 Å². The van der Waals surface area contributed by atoms with E-state index in [-0.39, 0.29) is 17.9 Å². The summed E-state index contributed by atoms with van der Waals surface area (Å²) in [7, 11) is 1.57. The zero-order valence-electron chi connectivity index (χ0n) is 20.5. The zero-order chi connectivity index (χ0) is 25.5. The minimum absolute atomic E-state index is 0.0469. The number of aliphatic hydroxyl groups is 1. The molecule has 1 aromatic heterocycles. The number of ketones is 1. The normalized spacial score (nSPS) is 16.8. The lowest BCUT2D eigenvalue weighted by Crippen LogP contribution is -2.29. The van der Waals surface area contributed by atoms with Crippen molar-refractivity contribution in [2.24, 2.45) is 0 Å². The Morgan fingerprint density at radius 2 is 1.72 bits per heavy atom. The Hall–Kier alpha value is -4.13. The van der Waals surface area contributed by atoms with Crippen molar-refractivity contribution < 1.29 is 24.2 Å². The Bertz CT molecular complexity index is 1220. The highest BCUT2D eigenvalue weighted by atomic mass is 16.5. The van der Waals surface area contributed by atoms with E-state index < -0.39 is 17.7 Å². The van der Waals surface area contributed by atoms with Gasteiger partial charge in [-0.3, -0.25) is 14.6 Å². The number of carbonyl (C=O) groups is 2. The van der Waals surface area contributed by atoms with E-state index in [1.54, 1.807) is 74.1 Å². The number of pyridine rings is 1. The second-order valence-electron chi connectivity index (χ2n) is 8.64. The second kappa shape index (κ2) is 11.5. The van der Waals surface area contributed by atoms with Crippen LogP contribution in [-0.4, -0.2) is 40.4 Å². The van der Waals surface area contributed by atoms with Crippen LogP contribution in [0.15, 0.2) is 78.6 Å². The third-order valence-corrected chi connectivity index (χ3v) is 6.19. The van der Waals surface area contributed by atoms with Gasteiger partial charge in [-0.1, -0.05) is 38.0 Å². The van der Waals surface area contributed by atoms with Crippen LogP contribution in [0.1, 0.15) is 48.9 Å². The van der Waals surface area contributed by atoms with Gasteiger partial charge in [0.15, 0.2) is 0 Å². The first-order valence-electron chi connectivity index (χ1n) is 12.1. The number of nitrogens with zero attached hydrogens (tertiary/aromatic N) is 2. The standard InChI is InChI=1S/C29H30N2O5/c1-3-4-5-17-36-24-14-10-22(11-15-24)27(32)25-26(21-8-12-23(35-2)13-9-21)31(29(34)28(25)33)19-20-7-6-16-30-18-20/h6-16,18,26,32H,3-5,17,19H2,1-2H3/b27-25+. The number of carbonyl (C=O) groups excluding carboxylic acids is 2. The number of amides is 1. The Kier molecular flexibility index (Phi) is 8.00. The predicted octanol–water partition coefficient (Wildman–Crippen LogP) is 5.28. The molecule has 0 radical (unpaired) electrons. The first kappa shape index (κ1) is 25.0. The van der Waals surface area contributed by atoms with Crippen LogP contribution in [0.3, 0.4) is 0 Å². The zero-order valence-corrected chi connectivity index (χ0v) is 20.5. The maximum Gasteiger partial charge on any atom is 0.295 e. The van der Waals surface area contributed by atoms with Gasteiger partial charge in [0.2, 0.25) is 0 Å². The number of Topliss-reactive ketones (excluding diaryl/α,β-unsaturated/α-hetero) is 1. The molecule has 36 heavy (non-hydrogen) atoms. The molecule has 0 bridgehead atoms. The van der Waals surface area contributed by atoms with Crippen molar-refractivity contribution in [1.82, 2.24) is 9.88 Å². The summed E-state index contributed by atoms with van der Waals surface area (Å²) >= 11 is 0. The molecule has 7 heteroatoms. The lowest BCUT2D eigenvalue weighted by molar-refractivity contribution is -0.140. The number of methoxy groups -OCH3 is 1. The molecule has 0 aliphatic carbocycles. The van der Waals surface area contributed by atoms with Gasteiger partial charge in [0, 0.05) is 24.5 Å². The van der Waals surface area contributed by atoms with Gasteiger partial charge in [0.1, 0.15) is 17.3 Å². The number of ether oxygens (including phenoxy) is 2. The van der Waals surface area contributed by atoms with Gasteiger partial charge in [0.25, 0.3) is 11.7 Å². The van der Waals surface area contributed by atoms with Gasteiger partial charge < -0.3 is 19.5 Å². The molecule has 1 aliphatic rings. The van der Waals surface area contributed by atoms with Gasteiger partial charge in [-0.05, 0) is 60.0 Å². The van der Waals surface area contributed by atoms with Crippen LogP contribution in [0.2, 0.25) is 0 Å². The number of hydrogen-bond acceptors (Lipinski definition) is 6. The summed E-state index contributed by atoms with van der Waals surface area (Å²) in [6.45, 7) is 2.93. The molecule has 7 nitrogen and oxygen atoms in total. The fourth-order valence-electron chi connectivity index (χ4n) is 4.27. The molecular formula is C29H30N2O5. The van der Waals surface area contributed by atoms with Crippen molar-refractivity contribution in [3.05, 3.63) is 95.3 Å². The van der Waals surface area contributed by atoms with Crippen LogP contribution in [0.4, 0.5) is 0 Å². The SMILES string of the molecule is CCCCCOc1ccc(/C(O)=C2\C(=O)C(=O)N(Cc3cccnc3)C2c2ccc(OC)cc2)cc1. The maximum atomic E-state index is 13.2.